The second-order valence-corrected chi connectivity index (χ2v) is 3.02. The molecule has 1 aliphatic heterocycles. The molecule has 6 heteroatoms. The fraction of sp³-hybridized carbons (Fsp3) is 1.00. The van der Waals surface area contributed by atoms with Crippen molar-refractivity contribution in [2.24, 2.45) is 5.73 Å². The minimum Gasteiger partial charge on any atom is -0.394 e. The summed E-state index contributed by atoms with van der Waals surface area (Å²) in [6.07, 6.45) is -3.96. The molecule has 1 fully saturated rings. The minimum atomic E-state index is -1.18. The standard InChI is InChI=1S/C7H15NO5/c1-12-7-6(11)5(10)4(8)3(2-9)13-7/h3-7,9-11H,2,8H2,1H3/t3?,4-,5?,6?,7+/m1/s1. The Labute approximate surface area is 75.9 Å². The molecule has 1 aliphatic rings. The molecule has 78 valence electrons. The molecule has 0 spiro atoms. The summed E-state index contributed by atoms with van der Waals surface area (Å²) < 4.78 is 9.83. The average Bonchev–Trinajstić information content (AvgIpc) is 2.15. The van der Waals surface area contributed by atoms with E-state index in [1.165, 1.54) is 7.11 Å². The third-order valence-corrected chi connectivity index (χ3v) is 2.17. The summed E-state index contributed by atoms with van der Waals surface area (Å²) in [7, 11) is 1.34. The van der Waals surface area contributed by atoms with Crippen LogP contribution < -0.4 is 5.73 Å². The largest absolute Gasteiger partial charge is 0.394 e. The first-order chi connectivity index (χ1) is 6.11. The van der Waals surface area contributed by atoms with Crippen molar-refractivity contribution in [2.45, 2.75) is 30.6 Å². The van der Waals surface area contributed by atoms with E-state index < -0.39 is 30.6 Å². The molecule has 0 aromatic rings. The molecule has 1 heterocycles. The number of aliphatic hydroxyl groups is 3. The molecular formula is C7H15NO5. The fourth-order valence-electron chi connectivity index (χ4n) is 1.31. The van der Waals surface area contributed by atoms with Gasteiger partial charge in [-0.05, 0) is 0 Å². The Balaban J connectivity index is 2.66. The summed E-state index contributed by atoms with van der Waals surface area (Å²) in [6, 6.07) is -0.800. The predicted molar refractivity (Wildman–Crippen MR) is 42.7 cm³/mol. The van der Waals surface area contributed by atoms with Gasteiger partial charge in [0.25, 0.3) is 0 Å². The molecule has 0 aromatic carbocycles. The van der Waals surface area contributed by atoms with E-state index in [4.69, 9.17) is 20.3 Å². The van der Waals surface area contributed by atoms with Gasteiger partial charge in [-0.3, -0.25) is 0 Å². The zero-order valence-electron chi connectivity index (χ0n) is 7.33. The maximum absolute atomic E-state index is 9.40. The molecule has 0 aromatic heterocycles. The maximum atomic E-state index is 9.40. The average molecular weight is 193 g/mol. The highest BCUT2D eigenvalue weighted by molar-refractivity contribution is 4.91. The van der Waals surface area contributed by atoms with Crippen molar-refractivity contribution >= 4 is 0 Å². The van der Waals surface area contributed by atoms with Crippen LogP contribution in [-0.4, -0.2) is 59.7 Å². The number of hydrogen-bond acceptors (Lipinski definition) is 6. The van der Waals surface area contributed by atoms with Gasteiger partial charge in [0.2, 0.25) is 0 Å². The summed E-state index contributed by atoms with van der Waals surface area (Å²) in [5.41, 5.74) is 5.49. The lowest BCUT2D eigenvalue weighted by atomic mass is 9.97. The number of hydrogen-bond donors (Lipinski definition) is 4. The van der Waals surface area contributed by atoms with Crippen LogP contribution in [0.1, 0.15) is 0 Å². The van der Waals surface area contributed by atoms with Gasteiger partial charge in [0, 0.05) is 7.11 Å². The van der Waals surface area contributed by atoms with Crippen LogP contribution in [0.4, 0.5) is 0 Å². The Hall–Kier alpha value is -0.240. The molecular weight excluding hydrogens is 178 g/mol. The van der Waals surface area contributed by atoms with Crippen molar-refractivity contribution in [3.63, 3.8) is 0 Å². The van der Waals surface area contributed by atoms with Crippen LogP contribution in [0.2, 0.25) is 0 Å². The summed E-state index contributed by atoms with van der Waals surface area (Å²) in [6.45, 7) is -0.315. The molecule has 5 atom stereocenters. The zero-order valence-corrected chi connectivity index (χ0v) is 7.33. The van der Waals surface area contributed by atoms with Gasteiger partial charge in [-0.1, -0.05) is 0 Å². The summed E-state index contributed by atoms with van der Waals surface area (Å²) in [4.78, 5) is 0. The Morgan fingerprint density at radius 2 is 2.00 bits per heavy atom. The first kappa shape index (κ1) is 10.8. The van der Waals surface area contributed by atoms with E-state index in [0.29, 0.717) is 0 Å². The monoisotopic (exact) mass is 193 g/mol. The molecule has 3 unspecified atom stereocenters. The highest BCUT2D eigenvalue weighted by Crippen LogP contribution is 2.19. The van der Waals surface area contributed by atoms with Crippen molar-refractivity contribution in [2.75, 3.05) is 13.7 Å². The van der Waals surface area contributed by atoms with Gasteiger partial charge in [-0.15, -0.1) is 0 Å². The SMILES string of the molecule is CO[C@H]1OC(CO)[C@@H](N)C(O)C1O. The lowest BCUT2D eigenvalue weighted by Crippen LogP contribution is -2.62. The van der Waals surface area contributed by atoms with Crippen molar-refractivity contribution in [1.29, 1.82) is 0 Å². The Morgan fingerprint density at radius 1 is 1.38 bits per heavy atom. The lowest BCUT2D eigenvalue weighted by Gasteiger charge is -2.39. The third kappa shape index (κ3) is 1.98. The summed E-state index contributed by atoms with van der Waals surface area (Å²) >= 11 is 0. The van der Waals surface area contributed by atoms with Gasteiger partial charge in [0.15, 0.2) is 6.29 Å². The topological polar surface area (TPSA) is 105 Å². The summed E-state index contributed by atoms with van der Waals surface area (Å²) in [5.74, 6) is 0. The van der Waals surface area contributed by atoms with Gasteiger partial charge in [0.1, 0.15) is 18.3 Å². The first-order valence-electron chi connectivity index (χ1n) is 4.02. The second-order valence-electron chi connectivity index (χ2n) is 3.02. The van der Waals surface area contributed by atoms with Gasteiger partial charge in [0.05, 0.1) is 12.6 Å². The highest BCUT2D eigenvalue weighted by atomic mass is 16.7. The van der Waals surface area contributed by atoms with E-state index in [1.807, 2.05) is 0 Å². The van der Waals surface area contributed by atoms with Crippen LogP contribution >= 0.6 is 0 Å². The number of nitrogens with two attached hydrogens (primary N) is 1. The molecule has 0 saturated carbocycles. The number of aliphatic hydroxyl groups excluding tert-OH is 3. The van der Waals surface area contributed by atoms with E-state index >= 15 is 0 Å². The molecule has 0 amide bonds. The van der Waals surface area contributed by atoms with Crippen molar-refractivity contribution < 1.29 is 24.8 Å². The van der Waals surface area contributed by atoms with E-state index in [1.54, 1.807) is 0 Å². The van der Waals surface area contributed by atoms with Crippen LogP contribution in [-0.2, 0) is 9.47 Å². The predicted octanol–water partition coefficient (Wildman–Crippen LogP) is -2.60. The minimum absolute atomic E-state index is 0.315. The van der Waals surface area contributed by atoms with Gasteiger partial charge < -0.3 is 30.5 Å². The van der Waals surface area contributed by atoms with Gasteiger partial charge >= 0.3 is 0 Å². The quantitative estimate of drug-likeness (QED) is 0.383. The van der Waals surface area contributed by atoms with Crippen LogP contribution in [0.5, 0.6) is 0 Å². The molecule has 6 nitrogen and oxygen atoms in total. The van der Waals surface area contributed by atoms with Crippen molar-refractivity contribution in [3.05, 3.63) is 0 Å². The molecule has 1 rings (SSSR count). The first-order valence-corrected chi connectivity index (χ1v) is 4.02. The third-order valence-electron chi connectivity index (χ3n) is 2.17. The molecule has 13 heavy (non-hydrogen) atoms. The fourth-order valence-corrected chi connectivity index (χ4v) is 1.31. The Morgan fingerprint density at radius 3 is 2.46 bits per heavy atom. The molecule has 0 aliphatic carbocycles. The van der Waals surface area contributed by atoms with Crippen LogP contribution in [0.15, 0.2) is 0 Å². The highest BCUT2D eigenvalue weighted by Gasteiger charge is 2.42. The normalized spacial score (nSPS) is 46.4. The number of ether oxygens (including phenoxy) is 2. The van der Waals surface area contributed by atoms with Crippen molar-refractivity contribution in [1.82, 2.24) is 0 Å². The van der Waals surface area contributed by atoms with Crippen LogP contribution in [0, 0.1) is 0 Å². The molecule has 5 N–H and O–H groups in total. The molecule has 0 bridgehead atoms. The Bertz CT molecular complexity index is 147. The molecule has 0 radical (unpaired) electrons. The van der Waals surface area contributed by atoms with E-state index in [-0.39, 0.29) is 6.61 Å². The lowest BCUT2D eigenvalue weighted by molar-refractivity contribution is -0.268. The van der Waals surface area contributed by atoms with E-state index in [0.717, 1.165) is 0 Å². The van der Waals surface area contributed by atoms with Gasteiger partial charge in [-0.2, -0.15) is 0 Å². The van der Waals surface area contributed by atoms with E-state index in [9.17, 15) is 10.2 Å². The zero-order chi connectivity index (χ0) is 10.0. The second kappa shape index (κ2) is 4.32. The Kier molecular flexibility index (Phi) is 3.60. The maximum Gasteiger partial charge on any atom is 0.186 e. The molecule has 1 saturated heterocycles. The smallest absolute Gasteiger partial charge is 0.186 e. The van der Waals surface area contributed by atoms with Gasteiger partial charge in [-0.25, -0.2) is 0 Å². The number of rotatable bonds is 2. The summed E-state index contributed by atoms with van der Waals surface area (Å²) in [5, 5.41) is 27.6. The number of methoxy groups -OCH3 is 1. The van der Waals surface area contributed by atoms with E-state index in [2.05, 4.69) is 0 Å². The van der Waals surface area contributed by atoms with Crippen LogP contribution in [0.25, 0.3) is 0 Å². The van der Waals surface area contributed by atoms with Crippen LogP contribution in [0.3, 0.4) is 0 Å². The van der Waals surface area contributed by atoms with Crippen molar-refractivity contribution in [3.8, 4) is 0 Å².